The third-order valence-corrected chi connectivity index (χ3v) is 4.52. The highest BCUT2D eigenvalue weighted by Crippen LogP contribution is 2.24. The van der Waals surface area contributed by atoms with E-state index in [1.165, 1.54) is 12.7 Å². The first kappa shape index (κ1) is 15.8. The molecule has 23 heavy (non-hydrogen) atoms. The highest BCUT2D eigenvalue weighted by Gasteiger charge is 2.23. The summed E-state index contributed by atoms with van der Waals surface area (Å²) in [5.41, 5.74) is 0. The van der Waals surface area contributed by atoms with E-state index in [2.05, 4.69) is 15.5 Å². The van der Waals surface area contributed by atoms with Gasteiger partial charge in [-0.2, -0.15) is 0 Å². The molecule has 2 aromatic rings. The van der Waals surface area contributed by atoms with E-state index in [9.17, 15) is 9.59 Å². The minimum Gasteiger partial charge on any atom is -0.459 e. The summed E-state index contributed by atoms with van der Waals surface area (Å²) in [6.07, 6.45) is 6.52. The molecule has 2 heterocycles. The summed E-state index contributed by atoms with van der Waals surface area (Å²) in [6.45, 7) is 0. The molecule has 0 aliphatic heterocycles. The third-order valence-electron chi connectivity index (χ3n) is 3.70. The average molecular weight is 335 g/mol. The van der Waals surface area contributed by atoms with E-state index in [1.54, 1.807) is 12.1 Å². The molecular weight excluding hydrogens is 318 g/mol. The molecular formula is C15H17N3O4S. The molecule has 1 saturated carbocycles. The van der Waals surface area contributed by atoms with Crippen molar-refractivity contribution in [3.8, 4) is 11.7 Å². The van der Waals surface area contributed by atoms with Gasteiger partial charge in [-0.1, -0.05) is 31.0 Å². The molecule has 1 aliphatic rings. The first-order valence-electron chi connectivity index (χ1n) is 7.56. The molecule has 2 amide bonds. The van der Waals surface area contributed by atoms with E-state index < -0.39 is 0 Å². The van der Waals surface area contributed by atoms with Crippen molar-refractivity contribution >= 4 is 23.6 Å². The van der Waals surface area contributed by atoms with Crippen LogP contribution in [0.4, 0.5) is 0 Å². The predicted molar refractivity (Wildman–Crippen MR) is 82.4 cm³/mol. The molecule has 1 aliphatic carbocycles. The highest BCUT2D eigenvalue weighted by atomic mass is 32.2. The van der Waals surface area contributed by atoms with Crippen LogP contribution in [0.5, 0.6) is 0 Å². The van der Waals surface area contributed by atoms with Gasteiger partial charge in [0.05, 0.1) is 12.0 Å². The molecule has 0 atom stereocenters. The Morgan fingerprint density at radius 1 is 1.26 bits per heavy atom. The van der Waals surface area contributed by atoms with Crippen LogP contribution in [0.3, 0.4) is 0 Å². The number of rotatable bonds is 5. The number of furan rings is 1. The lowest BCUT2D eigenvalue weighted by Crippen LogP contribution is -2.37. The number of carbonyl (C=O) groups is 2. The van der Waals surface area contributed by atoms with Crippen LogP contribution in [0, 0.1) is 5.92 Å². The van der Waals surface area contributed by atoms with Gasteiger partial charge in [0.15, 0.2) is 5.76 Å². The highest BCUT2D eigenvalue weighted by molar-refractivity contribution is 7.99. The van der Waals surface area contributed by atoms with Crippen LogP contribution in [0.15, 0.2) is 32.5 Å². The van der Waals surface area contributed by atoms with Gasteiger partial charge in [0.25, 0.3) is 11.1 Å². The van der Waals surface area contributed by atoms with E-state index in [0.29, 0.717) is 5.76 Å². The lowest BCUT2D eigenvalue weighted by Gasteiger charge is -2.20. The summed E-state index contributed by atoms with van der Waals surface area (Å²) >= 11 is 1.09. The normalized spacial score (nSPS) is 15.5. The van der Waals surface area contributed by atoms with Crippen LogP contribution in [0.1, 0.15) is 32.1 Å². The van der Waals surface area contributed by atoms with Gasteiger partial charge in [0.2, 0.25) is 11.8 Å². The van der Waals surface area contributed by atoms with Gasteiger partial charge in [0.1, 0.15) is 0 Å². The molecule has 0 aromatic carbocycles. The van der Waals surface area contributed by atoms with Crippen LogP contribution in [0.25, 0.3) is 11.7 Å². The fourth-order valence-electron chi connectivity index (χ4n) is 2.54. The number of nitrogens with one attached hydrogen (secondary N) is 1. The van der Waals surface area contributed by atoms with E-state index >= 15 is 0 Å². The van der Waals surface area contributed by atoms with Crippen LogP contribution in [-0.4, -0.2) is 27.8 Å². The number of nitrogens with zero attached hydrogens (tertiary/aromatic N) is 2. The largest absolute Gasteiger partial charge is 0.459 e. The summed E-state index contributed by atoms with van der Waals surface area (Å²) in [5, 5.41) is 10.4. The van der Waals surface area contributed by atoms with E-state index in [4.69, 9.17) is 8.83 Å². The molecule has 0 radical (unpaired) electrons. The SMILES string of the molecule is O=C(CSc1nnc(-c2ccco2)o1)NC(=O)C1CCCCC1. The summed E-state index contributed by atoms with van der Waals surface area (Å²) in [7, 11) is 0. The van der Waals surface area contributed by atoms with Gasteiger partial charge in [0, 0.05) is 5.92 Å². The number of imide groups is 1. The Bertz CT molecular complexity index is 662. The molecule has 2 aromatic heterocycles. The third kappa shape index (κ3) is 4.22. The van der Waals surface area contributed by atoms with Crippen molar-refractivity contribution in [1.29, 1.82) is 0 Å². The molecule has 0 saturated heterocycles. The molecule has 0 spiro atoms. The van der Waals surface area contributed by atoms with Crippen molar-refractivity contribution < 1.29 is 18.4 Å². The number of amides is 2. The minimum absolute atomic E-state index is 0.0355. The van der Waals surface area contributed by atoms with Gasteiger partial charge in [-0.15, -0.1) is 10.2 Å². The Balaban J connectivity index is 1.46. The predicted octanol–water partition coefficient (Wildman–Crippen LogP) is 2.64. The lowest BCUT2D eigenvalue weighted by molar-refractivity contribution is -0.132. The zero-order valence-electron chi connectivity index (χ0n) is 12.5. The van der Waals surface area contributed by atoms with Crippen molar-refractivity contribution in [2.24, 2.45) is 5.92 Å². The maximum absolute atomic E-state index is 12.0. The first-order valence-corrected chi connectivity index (χ1v) is 8.55. The smallest absolute Gasteiger partial charge is 0.284 e. The molecule has 0 unspecified atom stereocenters. The zero-order valence-corrected chi connectivity index (χ0v) is 13.3. The van der Waals surface area contributed by atoms with E-state index in [0.717, 1.165) is 37.4 Å². The van der Waals surface area contributed by atoms with Crippen LogP contribution < -0.4 is 5.32 Å². The Labute approximate surface area is 137 Å². The van der Waals surface area contributed by atoms with Gasteiger partial charge in [-0.05, 0) is 25.0 Å². The topological polar surface area (TPSA) is 98.2 Å². The van der Waals surface area contributed by atoms with E-state index in [-0.39, 0.29) is 34.6 Å². The summed E-state index contributed by atoms with van der Waals surface area (Å²) in [6, 6.07) is 3.42. The number of thioether (sulfide) groups is 1. The van der Waals surface area contributed by atoms with E-state index in [1.807, 2.05) is 0 Å². The second-order valence-corrected chi connectivity index (χ2v) is 6.31. The van der Waals surface area contributed by atoms with Crippen molar-refractivity contribution in [3.05, 3.63) is 18.4 Å². The Morgan fingerprint density at radius 2 is 2.09 bits per heavy atom. The average Bonchev–Trinajstić information content (AvgIpc) is 3.25. The van der Waals surface area contributed by atoms with Crippen molar-refractivity contribution in [2.45, 2.75) is 37.3 Å². The van der Waals surface area contributed by atoms with Gasteiger partial charge < -0.3 is 8.83 Å². The summed E-state index contributed by atoms with van der Waals surface area (Å²) in [4.78, 5) is 23.8. The molecule has 1 N–H and O–H groups in total. The first-order chi connectivity index (χ1) is 11.2. The second kappa shape index (κ2) is 7.45. The monoisotopic (exact) mass is 335 g/mol. The van der Waals surface area contributed by atoms with Gasteiger partial charge >= 0.3 is 0 Å². The standard InChI is InChI=1S/C15H17N3O4S/c19-12(16-13(20)10-5-2-1-3-6-10)9-23-15-18-17-14(22-15)11-7-4-8-21-11/h4,7-8,10H,1-3,5-6,9H2,(H,16,19,20). The fourth-order valence-corrected chi connectivity index (χ4v) is 3.10. The molecule has 122 valence electrons. The molecule has 8 heteroatoms. The number of aromatic nitrogens is 2. The minimum atomic E-state index is -0.344. The van der Waals surface area contributed by atoms with Crippen LogP contribution in [-0.2, 0) is 9.59 Å². The van der Waals surface area contributed by atoms with Gasteiger partial charge in [-0.3, -0.25) is 14.9 Å². The Kier molecular flexibility index (Phi) is 5.12. The second-order valence-electron chi connectivity index (χ2n) is 5.39. The maximum atomic E-state index is 12.0. The quantitative estimate of drug-likeness (QED) is 0.839. The Morgan fingerprint density at radius 3 is 2.83 bits per heavy atom. The van der Waals surface area contributed by atoms with Crippen LogP contribution >= 0.6 is 11.8 Å². The number of hydrogen-bond donors (Lipinski definition) is 1. The number of hydrogen-bond acceptors (Lipinski definition) is 7. The fraction of sp³-hybridized carbons (Fsp3) is 0.467. The van der Waals surface area contributed by atoms with Crippen molar-refractivity contribution in [2.75, 3.05) is 5.75 Å². The maximum Gasteiger partial charge on any atom is 0.284 e. The van der Waals surface area contributed by atoms with Gasteiger partial charge in [-0.25, -0.2) is 0 Å². The molecule has 3 rings (SSSR count). The number of carbonyl (C=O) groups excluding carboxylic acids is 2. The lowest BCUT2D eigenvalue weighted by atomic mass is 9.89. The Hall–Kier alpha value is -2.09. The summed E-state index contributed by atoms with van der Waals surface area (Å²) in [5.74, 6) is 0.239. The summed E-state index contributed by atoms with van der Waals surface area (Å²) < 4.78 is 10.5. The van der Waals surface area contributed by atoms with Crippen molar-refractivity contribution in [1.82, 2.24) is 15.5 Å². The van der Waals surface area contributed by atoms with Crippen molar-refractivity contribution in [3.63, 3.8) is 0 Å². The van der Waals surface area contributed by atoms with Crippen LogP contribution in [0.2, 0.25) is 0 Å². The molecule has 0 bridgehead atoms. The zero-order chi connectivity index (χ0) is 16.1. The molecule has 7 nitrogen and oxygen atoms in total. The molecule has 1 fully saturated rings.